The molecule has 2 aromatic rings. The summed E-state index contributed by atoms with van der Waals surface area (Å²) < 4.78 is 0. The SMILES string of the molecule is CCCCN1C(=O)c2ccc(C(=O)Nc3nnc(C(C)C)s3)cc2C1=O. The van der Waals surface area contributed by atoms with Gasteiger partial charge in [0.2, 0.25) is 5.13 Å². The van der Waals surface area contributed by atoms with E-state index < -0.39 is 0 Å². The van der Waals surface area contributed by atoms with Gasteiger partial charge in [0.05, 0.1) is 11.1 Å². The molecule has 1 N–H and O–H groups in total. The summed E-state index contributed by atoms with van der Waals surface area (Å²) in [6, 6.07) is 4.56. The Labute approximate surface area is 155 Å². The second kappa shape index (κ2) is 7.33. The lowest BCUT2D eigenvalue weighted by molar-refractivity contribution is 0.0652. The molecule has 1 aromatic carbocycles. The van der Waals surface area contributed by atoms with E-state index in [4.69, 9.17) is 0 Å². The maximum absolute atomic E-state index is 12.5. The number of nitrogens with zero attached hydrogens (tertiary/aromatic N) is 3. The Morgan fingerprint density at radius 2 is 1.92 bits per heavy atom. The first-order valence-corrected chi connectivity index (χ1v) is 9.39. The van der Waals surface area contributed by atoms with E-state index >= 15 is 0 Å². The predicted molar refractivity (Wildman–Crippen MR) is 98.7 cm³/mol. The average Bonchev–Trinajstić information content (AvgIpc) is 3.17. The summed E-state index contributed by atoms with van der Waals surface area (Å²) in [6.45, 7) is 6.39. The number of rotatable bonds is 6. The van der Waals surface area contributed by atoms with Gasteiger partial charge in [0.15, 0.2) is 0 Å². The Balaban J connectivity index is 1.79. The highest BCUT2D eigenvalue weighted by atomic mass is 32.1. The Kier molecular flexibility index (Phi) is 5.13. The lowest BCUT2D eigenvalue weighted by Crippen LogP contribution is -2.30. The summed E-state index contributed by atoms with van der Waals surface area (Å²) in [6.07, 6.45) is 1.65. The molecule has 0 unspecified atom stereocenters. The van der Waals surface area contributed by atoms with Gasteiger partial charge in [0.1, 0.15) is 5.01 Å². The van der Waals surface area contributed by atoms with Crippen LogP contribution in [0, 0.1) is 0 Å². The van der Waals surface area contributed by atoms with Crippen LogP contribution in [-0.4, -0.2) is 39.4 Å². The number of fused-ring (bicyclic) bond motifs is 1. The molecule has 0 spiro atoms. The lowest BCUT2D eigenvalue weighted by atomic mass is 10.1. The highest BCUT2D eigenvalue weighted by Gasteiger charge is 2.35. The van der Waals surface area contributed by atoms with Gasteiger partial charge in [0, 0.05) is 18.0 Å². The maximum atomic E-state index is 12.5. The summed E-state index contributed by atoms with van der Waals surface area (Å²) >= 11 is 1.32. The van der Waals surface area contributed by atoms with Gasteiger partial charge in [-0.05, 0) is 24.6 Å². The molecule has 8 heteroatoms. The van der Waals surface area contributed by atoms with E-state index in [1.165, 1.54) is 28.4 Å². The van der Waals surface area contributed by atoms with Crippen LogP contribution in [0.3, 0.4) is 0 Å². The van der Waals surface area contributed by atoms with Gasteiger partial charge in [0.25, 0.3) is 17.7 Å². The van der Waals surface area contributed by atoms with Crippen molar-refractivity contribution in [3.05, 3.63) is 39.9 Å². The van der Waals surface area contributed by atoms with E-state index in [-0.39, 0.29) is 29.2 Å². The molecule has 2 heterocycles. The zero-order valence-electron chi connectivity index (χ0n) is 14.9. The van der Waals surface area contributed by atoms with E-state index in [2.05, 4.69) is 15.5 Å². The van der Waals surface area contributed by atoms with Crippen molar-refractivity contribution in [3.8, 4) is 0 Å². The number of anilines is 1. The van der Waals surface area contributed by atoms with E-state index in [0.717, 1.165) is 17.8 Å². The third kappa shape index (κ3) is 3.37. The highest BCUT2D eigenvalue weighted by molar-refractivity contribution is 7.15. The fraction of sp³-hybridized carbons (Fsp3) is 0.389. The molecule has 1 aliphatic rings. The number of carbonyl (C=O) groups is 3. The van der Waals surface area contributed by atoms with Crippen LogP contribution in [0.25, 0.3) is 0 Å². The molecule has 0 saturated heterocycles. The first kappa shape index (κ1) is 18.2. The summed E-state index contributed by atoms with van der Waals surface area (Å²) in [7, 11) is 0. The van der Waals surface area contributed by atoms with E-state index in [9.17, 15) is 14.4 Å². The number of imide groups is 1. The third-order valence-corrected chi connectivity index (χ3v) is 5.26. The number of benzene rings is 1. The highest BCUT2D eigenvalue weighted by Crippen LogP contribution is 2.26. The van der Waals surface area contributed by atoms with Crippen LogP contribution >= 0.6 is 11.3 Å². The van der Waals surface area contributed by atoms with Crippen molar-refractivity contribution >= 4 is 34.2 Å². The number of carbonyl (C=O) groups excluding carboxylic acids is 3. The number of hydrogen-bond donors (Lipinski definition) is 1. The van der Waals surface area contributed by atoms with Gasteiger partial charge >= 0.3 is 0 Å². The number of hydrogen-bond acceptors (Lipinski definition) is 6. The van der Waals surface area contributed by atoms with Gasteiger partial charge in [-0.2, -0.15) is 0 Å². The van der Waals surface area contributed by atoms with Crippen molar-refractivity contribution in [2.75, 3.05) is 11.9 Å². The van der Waals surface area contributed by atoms with Gasteiger partial charge in [-0.15, -0.1) is 10.2 Å². The summed E-state index contributed by atoms with van der Waals surface area (Å²) in [5.74, 6) is -0.787. The summed E-state index contributed by atoms with van der Waals surface area (Å²) in [4.78, 5) is 38.5. The van der Waals surface area contributed by atoms with E-state index in [1.807, 2.05) is 20.8 Å². The van der Waals surface area contributed by atoms with Gasteiger partial charge < -0.3 is 0 Å². The molecule has 136 valence electrons. The fourth-order valence-corrected chi connectivity index (χ4v) is 3.38. The van der Waals surface area contributed by atoms with Gasteiger partial charge in [-0.3, -0.25) is 24.6 Å². The topological polar surface area (TPSA) is 92.3 Å². The van der Waals surface area contributed by atoms with Gasteiger partial charge in [-0.1, -0.05) is 38.5 Å². The average molecular weight is 372 g/mol. The van der Waals surface area contributed by atoms with Crippen LogP contribution in [0.5, 0.6) is 0 Å². The van der Waals surface area contributed by atoms with Crippen molar-refractivity contribution in [2.24, 2.45) is 0 Å². The zero-order chi connectivity index (χ0) is 18.8. The van der Waals surface area contributed by atoms with Crippen molar-refractivity contribution < 1.29 is 14.4 Å². The van der Waals surface area contributed by atoms with Crippen LogP contribution < -0.4 is 5.32 Å². The minimum absolute atomic E-state index is 0.232. The Morgan fingerprint density at radius 3 is 2.58 bits per heavy atom. The molecule has 1 aromatic heterocycles. The monoisotopic (exact) mass is 372 g/mol. The van der Waals surface area contributed by atoms with Crippen molar-refractivity contribution in [1.29, 1.82) is 0 Å². The third-order valence-electron chi connectivity index (χ3n) is 4.12. The minimum atomic E-state index is -0.383. The van der Waals surface area contributed by atoms with Crippen LogP contribution in [0.4, 0.5) is 5.13 Å². The minimum Gasteiger partial charge on any atom is -0.296 e. The Morgan fingerprint density at radius 1 is 1.19 bits per heavy atom. The molecule has 0 radical (unpaired) electrons. The van der Waals surface area contributed by atoms with Crippen molar-refractivity contribution in [1.82, 2.24) is 15.1 Å². The molecule has 0 aliphatic carbocycles. The lowest BCUT2D eigenvalue weighted by Gasteiger charge is -2.12. The molecular formula is C18H20N4O3S. The predicted octanol–water partition coefficient (Wildman–Crippen LogP) is 3.31. The molecule has 3 amide bonds. The molecular weight excluding hydrogens is 352 g/mol. The molecule has 0 fully saturated rings. The first-order valence-electron chi connectivity index (χ1n) is 8.57. The quantitative estimate of drug-likeness (QED) is 0.786. The molecule has 0 bridgehead atoms. The largest absolute Gasteiger partial charge is 0.296 e. The second-order valence-electron chi connectivity index (χ2n) is 6.43. The maximum Gasteiger partial charge on any atom is 0.261 e. The fourth-order valence-electron chi connectivity index (χ4n) is 2.64. The molecule has 3 rings (SSSR count). The van der Waals surface area contributed by atoms with Crippen LogP contribution in [0.2, 0.25) is 0 Å². The molecule has 0 saturated carbocycles. The standard InChI is InChI=1S/C18H20N4O3S/c1-4-5-8-22-16(24)12-7-6-11(9-13(12)17(22)25)14(23)19-18-21-20-15(26-18)10(2)3/h6-7,9-10H,4-5,8H2,1-3H3,(H,19,21,23). The van der Waals surface area contributed by atoms with Crippen LogP contribution in [0.1, 0.15) is 75.6 Å². The van der Waals surface area contributed by atoms with E-state index in [1.54, 1.807) is 6.07 Å². The van der Waals surface area contributed by atoms with Gasteiger partial charge in [-0.25, -0.2) is 0 Å². The number of aromatic nitrogens is 2. The number of amides is 3. The van der Waals surface area contributed by atoms with Crippen molar-refractivity contribution in [2.45, 2.75) is 39.5 Å². The number of nitrogens with one attached hydrogen (secondary N) is 1. The smallest absolute Gasteiger partial charge is 0.261 e. The molecule has 26 heavy (non-hydrogen) atoms. The second-order valence-corrected chi connectivity index (χ2v) is 7.44. The first-order chi connectivity index (χ1) is 12.4. The Hall–Kier alpha value is -2.61. The van der Waals surface area contributed by atoms with Crippen LogP contribution in [-0.2, 0) is 0 Å². The summed E-state index contributed by atoms with van der Waals surface area (Å²) in [5.41, 5.74) is 0.933. The van der Waals surface area contributed by atoms with E-state index in [0.29, 0.717) is 22.8 Å². The molecule has 0 atom stereocenters. The molecule has 7 nitrogen and oxygen atoms in total. The molecule has 1 aliphatic heterocycles. The van der Waals surface area contributed by atoms with Crippen LogP contribution in [0.15, 0.2) is 18.2 Å². The Bertz CT molecular complexity index is 875. The normalized spacial score (nSPS) is 13.5. The summed E-state index contributed by atoms with van der Waals surface area (Å²) in [5, 5.41) is 11.9. The number of unbranched alkanes of at least 4 members (excludes halogenated alkanes) is 1. The van der Waals surface area contributed by atoms with Crippen molar-refractivity contribution in [3.63, 3.8) is 0 Å². The zero-order valence-corrected chi connectivity index (χ0v) is 15.7.